The summed E-state index contributed by atoms with van der Waals surface area (Å²) in [5, 5.41) is 2.88. The van der Waals surface area contributed by atoms with Crippen LogP contribution >= 0.6 is 0 Å². The number of para-hydroxylation sites is 1. The Morgan fingerprint density at radius 1 is 1.20 bits per heavy atom. The van der Waals surface area contributed by atoms with Gasteiger partial charge in [0.1, 0.15) is 11.4 Å². The average Bonchev–Trinajstić information content (AvgIpc) is 2.96. The van der Waals surface area contributed by atoms with Gasteiger partial charge in [-0.1, -0.05) is 31.2 Å². The van der Waals surface area contributed by atoms with Crippen molar-refractivity contribution in [3.05, 3.63) is 59.4 Å². The van der Waals surface area contributed by atoms with Crippen LogP contribution in [0.1, 0.15) is 53.7 Å². The Bertz CT molecular complexity index is 803. The minimum atomic E-state index is -0.251. The van der Waals surface area contributed by atoms with Gasteiger partial charge in [-0.2, -0.15) is 0 Å². The Hall–Kier alpha value is -2.69. The standard InChI is InChI=1S/C20H23N3O2/c1-4-13(2)21-19(24)16-9-7-10-17(22-16)20(25)23-14(3)12-15-8-5-6-11-18(15)23/h5-11,13-14H,4,12H2,1-3H3,(H,21,24). The Labute approximate surface area is 148 Å². The molecule has 0 radical (unpaired) electrons. The summed E-state index contributed by atoms with van der Waals surface area (Å²) in [5.74, 6) is -0.422. The molecule has 0 aliphatic carbocycles. The molecule has 2 atom stereocenters. The molecular formula is C20H23N3O2. The van der Waals surface area contributed by atoms with Crippen LogP contribution in [0, 0.1) is 0 Å². The number of pyridine rings is 1. The first-order valence-corrected chi connectivity index (χ1v) is 8.70. The maximum atomic E-state index is 13.0. The Kier molecular flexibility index (Phi) is 4.83. The normalized spacial score (nSPS) is 17.1. The average molecular weight is 337 g/mol. The van der Waals surface area contributed by atoms with Gasteiger partial charge >= 0.3 is 0 Å². The van der Waals surface area contributed by atoms with E-state index in [1.54, 1.807) is 23.1 Å². The van der Waals surface area contributed by atoms with Crippen molar-refractivity contribution in [3.63, 3.8) is 0 Å². The number of fused-ring (bicyclic) bond motifs is 1. The summed E-state index contributed by atoms with van der Waals surface area (Å²) in [5.41, 5.74) is 2.65. The predicted molar refractivity (Wildman–Crippen MR) is 97.9 cm³/mol. The van der Waals surface area contributed by atoms with Gasteiger partial charge in [0.2, 0.25) is 0 Å². The van der Waals surface area contributed by atoms with E-state index in [1.165, 1.54) is 0 Å². The topological polar surface area (TPSA) is 62.3 Å². The first kappa shape index (κ1) is 17.1. The smallest absolute Gasteiger partial charge is 0.277 e. The monoisotopic (exact) mass is 337 g/mol. The molecule has 1 N–H and O–H groups in total. The number of amides is 2. The fraction of sp³-hybridized carbons (Fsp3) is 0.350. The molecule has 130 valence electrons. The molecule has 1 aromatic carbocycles. The molecule has 5 nitrogen and oxygen atoms in total. The number of carbonyl (C=O) groups excluding carboxylic acids is 2. The van der Waals surface area contributed by atoms with Crippen LogP contribution in [0.5, 0.6) is 0 Å². The molecule has 3 rings (SSSR count). The van der Waals surface area contributed by atoms with E-state index in [-0.39, 0.29) is 29.6 Å². The van der Waals surface area contributed by atoms with Crippen molar-refractivity contribution in [2.75, 3.05) is 4.90 Å². The van der Waals surface area contributed by atoms with E-state index in [0.717, 1.165) is 24.1 Å². The van der Waals surface area contributed by atoms with Gasteiger partial charge in [-0.3, -0.25) is 9.59 Å². The van der Waals surface area contributed by atoms with Crippen molar-refractivity contribution in [2.45, 2.75) is 45.7 Å². The highest BCUT2D eigenvalue weighted by atomic mass is 16.2. The van der Waals surface area contributed by atoms with Gasteiger partial charge < -0.3 is 10.2 Å². The zero-order chi connectivity index (χ0) is 18.0. The molecule has 1 aromatic heterocycles. The number of nitrogens with one attached hydrogen (secondary N) is 1. The molecule has 0 saturated heterocycles. The van der Waals surface area contributed by atoms with Crippen LogP contribution in [0.3, 0.4) is 0 Å². The lowest BCUT2D eigenvalue weighted by Gasteiger charge is -2.22. The van der Waals surface area contributed by atoms with E-state index >= 15 is 0 Å². The maximum Gasteiger partial charge on any atom is 0.277 e. The fourth-order valence-corrected chi connectivity index (χ4v) is 3.08. The van der Waals surface area contributed by atoms with Crippen molar-refractivity contribution in [1.29, 1.82) is 0 Å². The molecule has 2 amide bonds. The minimum Gasteiger partial charge on any atom is -0.348 e. The number of rotatable bonds is 4. The summed E-state index contributed by atoms with van der Waals surface area (Å²) in [7, 11) is 0. The van der Waals surface area contributed by atoms with Crippen LogP contribution in [0.2, 0.25) is 0 Å². The Morgan fingerprint density at radius 3 is 2.68 bits per heavy atom. The molecule has 0 saturated carbocycles. The number of aromatic nitrogens is 1. The number of carbonyl (C=O) groups is 2. The lowest BCUT2D eigenvalue weighted by atomic mass is 10.1. The van der Waals surface area contributed by atoms with Crippen LogP contribution in [0.15, 0.2) is 42.5 Å². The van der Waals surface area contributed by atoms with Crippen molar-refractivity contribution in [2.24, 2.45) is 0 Å². The molecule has 2 unspecified atom stereocenters. The first-order chi connectivity index (χ1) is 12.0. The summed E-state index contributed by atoms with van der Waals surface area (Å²) in [6, 6.07) is 13.1. The molecule has 0 spiro atoms. The predicted octanol–water partition coefficient (Wildman–Crippen LogP) is 3.20. The quantitative estimate of drug-likeness (QED) is 0.932. The number of hydrogen-bond acceptors (Lipinski definition) is 3. The highest BCUT2D eigenvalue weighted by molar-refractivity contribution is 6.07. The van der Waals surface area contributed by atoms with E-state index in [2.05, 4.69) is 10.3 Å². The van der Waals surface area contributed by atoms with Crippen molar-refractivity contribution >= 4 is 17.5 Å². The molecule has 5 heteroatoms. The third kappa shape index (κ3) is 3.40. The Balaban J connectivity index is 1.86. The Morgan fingerprint density at radius 2 is 1.92 bits per heavy atom. The lowest BCUT2D eigenvalue weighted by molar-refractivity contribution is 0.0934. The van der Waals surface area contributed by atoms with Gasteiger partial charge in [0, 0.05) is 17.8 Å². The zero-order valence-electron chi connectivity index (χ0n) is 14.8. The maximum absolute atomic E-state index is 13.0. The zero-order valence-corrected chi connectivity index (χ0v) is 14.8. The molecule has 2 aromatic rings. The van der Waals surface area contributed by atoms with Crippen molar-refractivity contribution in [1.82, 2.24) is 10.3 Å². The summed E-state index contributed by atoms with van der Waals surface area (Å²) >= 11 is 0. The molecular weight excluding hydrogens is 314 g/mol. The first-order valence-electron chi connectivity index (χ1n) is 8.70. The van der Waals surface area contributed by atoms with Crippen LogP contribution in [-0.4, -0.2) is 28.9 Å². The number of hydrogen-bond donors (Lipinski definition) is 1. The van der Waals surface area contributed by atoms with Crippen LogP contribution in [-0.2, 0) is 6.42 Å². The third-order valence-corrected chi connectivity index (χ3v) is 4.62. The third-order valence-electron chi connectivity index (χ3n) is 4.62. The summed E-state index contributed by atoms with van der Waals surface area (Å²) in [6.45, 7) is 5.97. The number of anilines is 1. The van der Waals surface area contributed by atoms with E-state index < -0.39 is 0 Å². The van der Waals surface area contributed by atoms with E-state index in [9.17, 15) is 9.59 Å². The second-order valence-electron chi connectivity index (χ2n) is 6.55. The van der Waals surface area contributed by atoms with Gasteiger partial charge in [-0.25, -0.2) is 4.98 Å². The molecule has 1 aliphatic rings. The van der Waals surface area contributed by atoms with Crippen LogP contribution in [0.25, 0.3) is 0 Å². The number of benzene rings is 1. The van der Waals surface area contributed by atoms with Crippen molar-refractivity contribution < 1.29 is 9.59 Å². The molecule has 1 aliphatic heterocycles. The van der Waals surface area contributed by atoms with Gasteiger partial charge in [0.15, 0.2) is 0 Å². The van der Waals surface area contributed by atoms with Crippen LogP contribution in [0.4, 0.5) is 5.69 Å². The summed E-state index contributed by atoms with van der Waals surface area (Å²) in [6.07, 6.45) is 1.67. The van der Waals surface area contributed by atoms with E-state index in [1.807, 2.05) is 45.0 Å². The molecule has 0 fully saturated rings. The summed E-state index contributed by atoms with van der Waals surface area (Å²) < 4.78 is 0. The second kappa shape index (κ2) is 7.05. The largest absolute Gasteiger partial charge is 0.348 e. The minimum absolute atomic E-state index is 0.0686. The van der Waals surface area contributed by atoms with Crippen molar-refractivity contribution in [3.8, 4) is 0 Å². The van der Waals surface area contributed by atoms with Gasteiger partial charge in [-0.15, -0.1) is 0 Å². The van der Waals surface area contributed by atoms with E-state index in [0.29, 0.717) is 5.69 Å². The fourth-order valence-electron chi connectivity index (χ4n) is 3.08. The highest BCUT2D eigenvalue weighted by Crippen LogP contribution is 2.32. The summed E-state index contributed by atoms with van der Waals surface area (Å²) in [4.78, 5) is 31.4. The second-order valence-corrected chi connectivity index (χ2v) is 6.55. The van der Waals surface area contributed by atoms with E-state index in [4.69, 9.17) is 0 Å². The molecule has 0 bridgehead atoms. The number of nitrogens with zero attached hydrogens (tertiary/aromatic N) is 2. The van der Waals surface area contributed by atoms with Crippen LogP contribution < -0.4 is 10.2 Å². The SMILES string of the molecule is CCC(C)NC(=O)c1cccc(C(=O)N2c3ccccc3CC2C)n1. The lowest BCUT2D eigenvalue weighted by Crippen LogP contribution is -2.37. The van der Waals surface area contributed by atoms with Gasteiger partial charge in [-0.05, 0) is 50.5 Å². The van der Waals surface area contributed by atoms with Gasteiger partial charge in [0.05, 0.1) is 0 Å². The molecule has 25 heavy (non-hydrogen) atoms. The highest BCUT2D eigenvalue weighted by Gasteiger charge is 2.32. The molecule has 2 heterocycles. The van der Waals surface area contributed by atoms with Gasteiger partial charge in [0.25, 0.3) is 11.8 Å².